The van der Waals surface area contributed by atoms with Crippen LogP contribution in [0, 0.1) is 18.6 Å². The lowest BCUT2D eigenvalue weighted by atomic mass is 10.1. The van der Waals surface area contributed by atoms with Crippen LogP contribution in [-0.4, -0.2) is 12.8 Å². The van der Waals surface area contributed by atoms with Gasteiger partial charge < -0.3 is 5.32 Å². The summed E-state index contributed by atoms with van der Waals surface area (Å²) in [6.45, 7) is 2.02. The molecule has 0 aromatic heterocycles. The van der Waals surface area contributed by atoms with Crippen molar-refractivity contribution in [2.45, 2.75) is 17.9 Å². The number of nitrogens with one attached hydrogen (secondary N) is 1. The molecule has 0 saturated heterocycles. The van der Waals surface area contributed by atoms with Crippen molar-refractivity contribution in [3.8, 4) is 0 Å². The predicted octanol–water partition coefficient (Wildman–Crippen LogP) is 5.09. The van der Waals surface area contributed by atoms with Crippen molar-refractivity contribution in [3.63, 3.8) is 0 Å². The van der Waals surface area contributed by atoms with Crippen molar-refractivity contribution in [1.29, 1.82) is 0 Å². The summed E-state index contributed by atoms with van der Waals surface area (Å²) in [5.41, 5.74) is 1.24. The van der Waals surface area contributed by atoms with Gasteiger partial charge in [0.15, 0.2) is 0 Å². The number of thioether (sulfide) groups is 1. The van der Waals surface area contributed by atoms with Gasteiger partial charge in [-0.05, 0) is 53.7 Å². The second kappa shape index (κ2) is 7.38. The highest BCUT2D eigenvalue weighted by Crippen LogP contribution is 2.31. The van der Waals surface area contributed by atoms with E-state index in [1.54, 1.807) is 18.8 Å². The summed E-state index contributed by atoms with van der Waals surface area (Å²) in [7, 11) is 1.71. The van der Waals surface area contributed by atoms with Crippen LogP contribution in [0.5, 0.6) is 0 Å². The van der Waals surface area contributed by atoms with E-state index >= 15 is 0 Å². The van der Waals surface area contributed by atoms with Crippen molar-refractivity contribution < 1.29 is 8.78 Å². The molecule has 0 radical (unpaired) electrons. The van der Waals surface area contributed by atoms with Crippen molar-refractivity contribution in [1.82, 2.24) is 5.32 Å². The third kappa shape index (κ3) is 3.84. The Morgan fingerprint density at radius 3 is 2.57 bits per heavy atom. The lowest BCUT2D eigenvalue weighted by Gasteiger charge is -2.19. The Balaban J connectivity index is 2.22. The van der Waals surface area contributed by atoms with E-state index in [2.05, 4.69) is 21.2 Å². The molecule has 0 aliphatic heterocycles. The van der Waals surface area contributed by atoms with Gasteiger partial charge in [0.05, 0.1) is 4.47 Å². The molecular weight excluding hydrogens is 356 g/mol. The summed E-state index contributed by atoms with van der Waals surface area (Å²) in [6.07, 6.45) is 0. The van der Waals surface area contributed by atoms with Crippen LogP contribution in [0.25, 0.3) is 0 Å². The molecule has 5 heteroatoms. The Kier molecular flexibility index (Phi) is 5.79. The lowest BCUT2D eigenvalue weighted by molar-refractivity contribution is 0.510. The largest absolute Gasteiger partial charge is 0.312 e. The van der Waals surface area contributed by atoms with Crippen LogP contribution in [0.4, 0.5) is 8.78 Å². The topological polar surface area (TPSA) is 12.0 Å². The number of rotatable bonds is 5. The number of hydrogen-bond donors (Lipinski definition) is 1. The van der Waals surface area contributed by atoms with E-state index in [0.29, 0.717) is 5.75 Å². The SMILES string of the molecule is CNC(CSc1ccccc1C)c1c(F)ccc(Br)c1F. The molecule has 0 aliphatic carbocycles. The van der Waals surface area contributed by atoms with E-state index < -0.39 is 17.7 Å². The number of aryl methyl sites for hydroxylation is 1. The van der Waals surface area contributed by atoms with Crippen LogP contribution < -0.4 is 5.32 Å². The fourth-order valence-corrected chi connectivity index (χ4v) is 3.56. The molecule has 2 rings (SSSR count). The summed E-state index contributed by atoms with van der Waals surface area (Å²) in [4.78, 5) is 1.12. The summed E-state index contributed by atoms with van der Waals surface area (Å²) in [6, 6.07) is 10.2. The smallest absolute Gasteiger partial charge is 0.145 e. The maximum Gasteiger partial charge on any atom is 0.145 e. The standard InChI is InChI=1S/C16H16BrF2NS/c1-10-5-3-4-6-14(10)21-9-13(20-2)15-12(18)8-7-11(17)16(15)19/h3-8,13,20H,9H2,1-2H3. The van der Waals surface area contributed by atoms with Crippen molar-refractivity contribution >= 4 is 27.7 Å². The minimum atomic E-state index is -0.542. The zero-order valence-electron chi connectivity index (χ0n) is 11.8. The highest BCUT2D eigenvalue weighted by Gasteiger charge is 2.21. The van der Waals surface area contributed by atoms with Gasteiger partial charge in [-0.3, -0.25) is 0 Å². The van der Waals surface area contributed by atoms with Crippen LogP contribution in [-0.2, 0) is 0 Å². The molecule has 0 bridgehead atoms. The Morgan fingerprint density at radius 1 is 1.19 bits per heavy atom. The van der Waals surface area contributed by atoms with Gasteiger partial charge in [0, 0.05) is 22.3 Å². The van der Waals surface area contributed by atoms with E-state index in [0.717, 1.165) is 10.5 Å². The zero-order valence-corrected chi connectivity index (χ0v) is 14.2. The first-order valence-corrected chi connectivity index (χ1v) is 8.31. The van der Waals surface area contributed by atoms with Crippen LogP contribution in [0.1, 0.15) is 17.2 Å². The highest BCUT2D eigenvalue weighted by atomic mass is 79.9. The Labute approximate surface area is 136 Å². The molecule has 112 valence electrons. The minimum Gasteiger partial charge on any atom is -0.312 e. The zero-order chi connectivity index (χ0) is 15.4. The number of hydrogen-bond acceptors (Lipinski definition) is 2. The Hall–Kier alpha value is -0.910. The van der Waals surface area contributed by atoms with Crippen molar-refractivity contribution in [2.75, 3.05) is 12.8 Å². The molecule has 1 nitrogen and oxygen atoms in total. The minimum absolute atomic E-state index is 0.0768. The highest BCUT2D eigenvalue weighted by molar-refractivity contribution is 9.10. The van der Waals surface area contributed by atoms with Gasteiger partial charge in [-0.15, -0.1) is 11.8 Å². The average Bonchev–Trinajstić information content (AvgIpc) is 2.48. The lowest BCUT2D eigenvalue weighted by Crippen LogP contribution is -2.21. The monoisotopic (exact) mass is 371 g/mol. The predicted molar refractivity (Wildman–Crippen MR) is 87.8 cm³/mol. The second-order valence-electron chi connectivity index (χ2n) is 4.67. The van der Waals surface area contributed by atoms with Gasteiger partial charge in [-0.1, -0.05) is 18.2 Å². The quantitative estimate of drug-likeness (QED) is 0.580. The molecule has 0 spiro atoms. The van der Waals surface area contributed by atoms with E-state index in [9.17, 15) is 8.78 Å². The maximum absolute atomic E-state index is 14.2. The van der Waals surface area contributed by atoms with Crippen LogP contribution in [0.3, 0.4) is 0 Å². The van der Waals surface area contributed by atoms with Crippen molar-refractivity contribution in [2.24, 2.45) is 0 Å². The van der Waals surface area contributed by atoms with E-state index in [1.165, 1.54) is 12.1 Å². The van der Waals surface area contributed by atoms with Gasteiger partial charge in [-0.25, -0.2) is 8.78 Å². The molecule has 21 heavy (non-hydrogen) atoms. The first-order valence-electron chi connectivity index (χ1n) is 6.53. The molecule has 1 atom stereocenters. The molecule has 0 aliphatic rings. The number of benzene rings is 2. The van der Waals surface area contributed by atoms with Crippen LogP contribution >= 0.6 is 27.7 Å². The van der Waals surface area contributed by atoms with Crippen LogP contribution in [0.15, 0.2) is 45.8 Å². The molecule has 2 aromatic carbocycles. The summed E-state index contributed by atoms with van der Waals surface area (Å²) in [5.74, 6) is -0.522. The Bertz CT molecular complexity index is 634. The first kappa shape index (κ1) is 16.5. The number of halogens is 3. The first-order chi connectivity index (χ1) is 10.0. The molecule has 1 unspecified atom stereocenters. The Morgan fingerprint density at radius 2 is 1.90 bits per heavy atom. The van der Waals surface area contributed by atoms with E-state index in [4.69, 9.17) is 0 Å². The third-order valence-corrected chi connectivity index (χ3v) is 5.16. The van der Waals surface area contributed by atoms with Gasteiger partial charge >= 0.3 is 0 Å². The van der Waals surface area contributed by atoms with Gasteiger partial charge in [0.1, 0.15) is 11.6 Å². The fourth-order valence-electron chi connectivity index (χ4n) is 2.06. The summed E-state index contributed by atoms with van der Waals surface area (Å²) >= 11 is 4.70. The molecule has 0 fully saturated rings. The van der Waals surface area contributed by atoms with Gasteiger partial charge in [-0.2, -0.15) is 0 Å². The van der Waals surface area contributed by atoms with E-state index in [-0.39, 0.29) is 10.0 Å². The maximum atomic E-state index is 14.2. The summed E-state index contributed by atoms with van der Waals surface area (Å²) < 4.78 is 28.4. The second-order valence-corrected chi connectivity index (χ2v) is 6.59. The van der Waals surface area contributed by atoms with Crippen molar-refractivity contribution in [3.05, 3.63) is 63.6 Å². The van der Waals surface area contributed by atoms with E-state index in [1.807, 2.05) is 31.2 Å². The normalized spacial score (nSPS) is 12.4. The third-order valence-electron chi connectivity index (χ3n) is 3.28. The molecule has 0 amide bonds. The molecule has 2 aromatic rings. The average molecular weight is 372 g/mol. The summed E-state index contributed by atoms with van der Waals surface area (Å²) in [5, 5.41) is 3.00. The van der Waals surface area contributed by atoms with Gasteiger partial charge in [0.2, 0.25) is 0 Å². The van der Waals surface area contributed by atoms with Gasteiger partial charge in [0.25, 0.3) is 0 Å². The molecule has 0 saturated carbocycles. The fraction of sp³-hybridized carbons (Fsp3) is 0.250. The molecule has 1 N–H and O–H groups in total. The van der Waals surface area contributed by atoms with Crippen LogP contribution in [0.2, 0.25) is 0 Å². The molecule has 0 heterocycles. The molecular formula is C16H16BrF2NS.